The van der Waals surface area contributed by atoms with Crippen molar-refractivity contribution < 1.29 is 8.78 Å². The molecule has 0 spiro atoms. The fraction of sp³-hybridized carbons (Fsp3) is 0.294. The van der Waals surface area contributed by atoms with E-state index < -0.39 is 11.6 Å². The second kappa shape index (κ2) is 5.82. The van der Waals surface area contributed by atoms with E-state index in [0.717, 1.165) is 36.7 Å². The zero-order chi connectivity index (χ0) is 14.8. The number of fused-ring (bicyclic) bond motifs is 1. The second-order valence-corrected chi connectivity index (χ2v) is 5.44. The van der Waals surface area contributed by atoms with Crippen molar-refractivity contribution in [3.8, 4) is 0 Å². The van der Waals surface area contributed by atoms with Crippen molar-refractivity contribution in [3.63, 3.8) is 0 Å². The van der Waals surface area contributed by atoms with E-state index >= 15 is 0 Å². The Morgan fingerprint density at radius 1 is 1.10 bits per heavy atom. The molecule has 2 N–H and O–H groups in total. The molecule has 0 aliphatic carbocycles. The largest absolute Gasteiger partial charge is 0.367 e. The van der Waals surface area contributed by atoms with Crippen molar-refractivity contribution in [1.29, 1.82) is 0 Å². The van der Waals surface area contributed by atoms with Gasteiger partial charge in [-0.25, -0.2) is 8.78 Å². The van der Waals surface area contributed by atoms with Crippen LogP contribution in [0.5, 0.6) is 0 Å². The molecule has 1 aliphatic rings. The third-order valence-electron chi connectivity index (χ3n) is 4.01. The van der Waals surface area contributed by atoms with Crippen LogP contribution >= 0.6 is 0 Å². The number of hydrogen-bond donors (Lipinski definition) is 1. The van der Waals surface area contributed by atoms with Gasteiger partial charge in [-0.1, -0.05) is 30.3 Å². The zero-order valence-electron chi connectivity index (χ0n) is 11.7. The first-order valence-corrected chi connectivity index (χ1v) is 7.19. The molecule has 1 unspecified atom stereocenters. The monoisotopic (exact) mass is 288 g/mol. The van der Waals surface area contributed by atoms with Crippen molar-refractivity contribution in [2.24, 2.45) is 5.73 Å². The van der Waals surface area contributed by atoms with E-state index in [4.69, 9.17) is 5.73 Å². The Labute approximate surface area is 123 Å². The van der Waals surface area contributed by atoms with Crippen LogP contribution in [0.4, 0.5) is 14.5 Å². The lowest BCUT2D eigenvalue weighted by atomic mass is 10.0. The Kier molecular flexibility index (Phi) is 3.88. The molecule has 0 radical (unpaired) electrons. The minimum absolute atomic E-state index is 0.00329. The molecule has 4 heteroatoms. The number of rotatable bonds is 2. The quantitative estimate of drug-likeness (QED) is 0.911. The fourth-order valence-electron chi connectivity index (χ4n) is 2.91. The highest BCUT2D eigenvalue weighted by Gasteiger charge is 2.21. The van der Waals surface area contributed by atoms with Gasteiger partial charge in [0.05, 0.1) is 0 Å². The Morgan fingerprint density at radius 2 is 1.90 bits per heavy atom. The Morgan fingerprint density at radius 3 is 2.76 bits per heavy atom. The van der Waals surface area contributed by atoms with Crippen LogP contribution in [0.2, 0.25) is 0 Å². The number of anilines is 1. The van der Waals surface area contributed by atoms with Crippen molar-refractivity contribution in [2.75, 3.05) is 11.4 Å². The van der Waals surface area contributed by atoms with Gasteiger partial charge in [-0.05, 0) is 30.5 Å². The van der Waals surface area contributed by atoms with Gasteiger partial charge in [0.25, 0.3) is 0 Å². The first-order chi connectivity index (χ1) is 10.2. The van der Waals surface area contributed by atoms with Crippen molar-refractivity contribution in [2.45, 2.75) is 25.4 Å². The van der Waals surface area contributed by atoms with Crippen molar-refractivity contribution in [3.05, 3.63) is 65.2 Å². The molecule has 2 nitrogen and oxygen atoms in total. The standard InChI is InChI=1S/C17H18F2N2/c18-14-7-3-5-12(17(14)19)11-21-10-4-8-15(20)13-6-1-2-9-16(13)21/h1-3,5-7,9,15H,4,8,10-11,20H2. The normalized spacial score (nSPS) is 18.2. The average Bonchev–Trinajstić information content (AvgIpc) is 2.65. The third-order valence-corrected chi connectivity index (χ3v) is 4.01. The van der Waals surface area contributed by atoms with Gasteiger partial charge < -0.3 is 10.6 Å². The summed E-state index contributed by atoms with van der Waals surface area (Å²) in [5.41, 5.74) is 8.67. The van der Waals surface area contributed by atoms with Gasteiger partial charge in [0, 0.05) is 30.4 Å². The highest BCUT2D eigenvalue weighted by Crippen LogP contribution is 2.32. The summed E-state index contributed by atoms with van der Waals surface area (Å²) in [4.78, 5) is 2.08. The molecule has 0 bridgehead atoms. The van der Waals surface area contributed by atoms with Gasteiger partial charge in [0.2, 0.25) is 0 Å². The van der Waals surface area contributed by atoms with Crippen LogP contribution in [0.1, 0.15) is 30.0 Å². The van der Waals surface area contributed by atoms with E-state index in [1.54, 1.807) is 12.1 Å². The fourth-order valence-corrected chi connectivity index (χ4v) is 2.91. The number of nitrogens with two attached hydrogens (primary N) is 1. The van der Waals surface area contributed by atoms with E-state index in [1.807, 2.05) is 24.3 Å². The first kappa shape index (κ1) is 14.0. The maximum absolute atomic E-state index is 13.9. The zero-order valence-corrected chi connectivity index (χ0v) is 11.7. The first-order valence-electron chi connectivity index (χ1n) is 7.19. The molecule has 3 rings (SSSR count). The van der Waals surface area contributed by atoms with E-state index in [2.05, 4.69) is 4.90 Å². The molecular formula is C17H18F2N2. The predicted molar refractivity (Wildman–Crippen MR) is 80.0 cm³/mol. The Balaban J connectivity index is 1.95. The molecule has 110 valence electrons. The lowest BCUT2D eigenvalue weighted by Gasteiger charge is -2.25. The van der Waals surface area contributed by atoms with Crippen LogP contribution < -0.4 is 10.6 Å². The molecule has 0 fully saturated rings. The van der Waals surface area contributed by atoms with Crippen LogP contribution in [0.3, 0.4) is 0 Å². The molecule has 1 atom stereocenters. The summed E-state index contributed by atoms with van der Waals surface area (Å²) >= 11 is 0. The maximum atomic E-state index is 13.9. The molecule has 0 saturated heterocycles. The van der Waals surface area contributed by atoms with E-state index in [1.165, 1.54) is 0 Å². The number of hydrogen-bond acceptors (Lipinski definition) is 2. The van der Waals surface area contributed by atoms with Crippen LogP contribution in [0, 0.1) is 11.6 Å². The van der Waals surface area contributed by atoms with Gasteiger partial charge >= 0.3 is 0 Å². The molecule has 0 saturated carbocycles. The molecule has 1 aliphatic heterocycles. The van der Waals surface area contributed by atoms with Crippen molar-refractivity contribution >= 4 is 5.69 Å². The highest BCUT2D eigenvalue weighted by atomic mass is 19.2. The van der Waals surface area contributed by atoms with Gasteiger partial charge in [-0.3, -0.25) is 0 Å². The number of benzene rings is 2. The van der Waals surface area contributed by atoms with Gasteiger partial charge in [0.15, 0.2) is 11.6 Å². The summed E-state index contributed by atoms with van der Waals surface area (Å²) in [6.07, 6.45) is 1.84. The summed E-state index contributed by atoms with van der Waals surface area (Å²) < 4.78 is 27.2. The lowest BCUT2D eigenvalue weighted by molar-refractivity contribution is 0.497. The topological polar surface area (TPSA) is 29.3 Å². The van der Waals surface area contributed by atoms with Gasteiger partial charge in [0.1, 0.15) is 0 Å². The molecule has 1 heterocycles. The molecule has 0 amide bonds. The summed E-state index contributed by atoms with van der Waals surface area (Å²) in [5.74, 6) is -1.56. The maximum Gasteiger partial charge on any atom is 0.163 e. The second-order valence-electron chi connectivity index (χ2n) is 5.44. The Bertz CT molecular complexity index is 642. The number of halogens is 2. The van der Waals surface area contributed by atoms with Crippen molar-refractivity contribution in [1.82, 2.24) is 0 Å². The van der Waals surface area contributed by atoms with E-state index in [0.29, 0.717) is 12.1 Å². The minimum Gasteiger partial charge on any atom is -0.367 e. The lowest BCUT2D eigenvalue weighted by Crippen LogP contribution is -2.24. The van der Waals surface area contributed by atoms with Crippen LogP contribution in [0.15, 0.2) is 42.5 Å². The Hall–Kier alpha value is -1.94. The van der Waals surface area contributed by atoms with E-state index in [9.17, 15) is 8.78 Å². The SMILES string of the molecule is NC1CCCN(Cc2cccc(F)c2F)c2ccccc21. The predicted octanol–water partition coefficient (Wildman–Crippen LogP) is 3.77. The highest BCUT2D eigenvalue weighted by molar-refractivity contribution is 5.56. The molecular weight excluding hydrogens is 270 g/mol. The average molecular weight is 288 g/mol. The van der Waals surface area contributed by atoms with Gasteiger partial charge in [-0.2, -0.15) is 0 Å². The molecule has 0 aromatic heterocycles. The molecule has 2 aromatic carbocycles. The summed E-state index contributed by atoms with van der Waals surface area (Å²) in [6.45, 7) is 1.15. The summed E-state index contributed by atoms with van der Waals surface area (Å²) in [5, 5.41) is 0. The van der Waals surface area contributed by atoms with Crippen LogP contribution in [0.25, 0.3) is 0 Å². The summed E-state index contributed by atoms with van der Waals surface area (Å²) in [7, 11) is 0. The third kappa shape index (κ3) is 2.76. The summed E-state index contributed by atoms with van der Waals surface area (Å²) in [6, 6.07) is 12.2. The molecule has 21 heavy (non-hydrogen) atoms. The smallest absolute Gasteiger partial charge is 0.163 e. The minimum atomic E-state index is -0.799. The number of para-hydroxylation sites is 1. The van der Waals surface area contributed by atoms with Gasteiger partial charge in [-0.15, -0.1) is 0 Å². The molecule has 2 aromatic rings. The number of nitrogens with zero attached hydrogens (tertiary/aromatic N) is 1. The van der Waals surface area contributed by atoms with E-state index in [-0.39, 0.29) is 6.04 Å². The van der Waals surface area contributed by atoms with Crippen LogP contribution in [-0.4, -0.2) is 6.54 Å². The van der Waals surface area contributed by atoms with Crippen LogP contribution in [-0.2, 0) is 6.54 Å².